The van der Waals surface area contributed by atoms with E-state index in [4.69, 9.17) is 0 Å². The van der Waals surface area contributed by atoms with Crippen molar-refractivity contribution in [2.45, 2.75) is 57.8 Å². The third-order valence-electron chi connectivity index (χ3n) is 6.98. The minimum absolute atomic E-state index is 0. The smallest absolute Gasteiger partial charge is 0.236 e. The second-order valence-electron chi connectivity index (χ2n) is 9.01. The molecule has 1 N–H and O–H groups in total. The topological polar surface area (TPSA) is 55.9 Å². The summed E-state index contributed by atoms with van der Waals surface area (Å²) in [4.78, 5) is 32.0. The quantitative estimate of drug-likeness (QED) is 0.705. The molecule has 0 aromatic rings. The summed E-state index contributed by atoms with van der Waals surface area (Å²) in [6.07, 6.45) is 10.1. The number of likely N-dealkylation sites (tertiary alicyclic amines) is 3. The van der Waals surface area contributed by atoms with Gasteiger partial charge in [-0.2, -0.15) is 0 Å². The molecular formula is C22H41ClN4O2. The van der Waals surface area contributed by atoms with Gasteiger partial charge in [0.1, 0.15) is 0 Å². The zero-order chi connectivity index (χ0) is 19.8. The van der Waals surface area contributed by atoms with E-state index in [1.165, 1.54) is 32.1 Å². The molecule has 0 atom stereocenters. The van der Waals surface area contributed by atoms with Crippen molar-refractivity contribution in [3.8, 4) is 0 Å². The van der Waals surface area contributed by atoms with E-state index >= 15 is 0 Å². The van der Waals surface area contributed by atoms with Crippen LogP contribution in [0.2, 0.25) is 0 Å². The molecule has 3 aliphatic rings. The standard InChI is InChI=1S/C22H40N4O2.ClH/c1-23-11-6-19-7-14-24(15-8-19)18-21(27)25-16-9-20(10-17-25)22(28)26-12-4-2-3-5-13-26;/h19-20,23H,2-18H2,1H3;1H. The molecule has 0 bridgehead atoms. The Morgan fingerprint density at radius 1 is 0.828 bits per heavy atom. The van der Waals surface area contributed by atoms with Crippen molar-refractivity contribution in [3.63, 3.8) is 0 Å². The van der Waals surface area contributed by atoms with Crippen LogP contribution in [0.3, 0.4) is 0 Å². The van der Waals surface area contributed by atoms with Gasteiger partial charge in [-0.05, 0) is 77.5 Å². The fourth-order valence-corrected chi connectivity index (χ4v) is 5.00. The van der Waals surface area contributed by atoms with Gasteiger partial charge in [0.2, 0.25) is 11.8 Å². The van der Waals surface area contributed by atoms with Gasteiger partial charge >= 0.3 is 0 Å². The van der Waals surface area contributed by atoms with E-state index in [1.807, 2.05) is 11.9 Å². The molecule has 7 heteroatoms. The molecule has 0 radical (unpaired) electrons. The average Bonchev–Trinajstić information content (AvgIpc) is 3.02. The second kappa shape index (κ2) is 12.8. The van der Waals surface area contributed by atoms with E-state index in [2.05, 4.69) is 15.1 Å². The molecule has 6 nitrogen and oxygen atoms in total. The largest absolute Gasteiger partial charge is 0.342 e. The molecule has 0 aliphatic carbocycles. The fraction of sp³-hybridized carbons (Fsp3) is 0.909. The number of nitrogens with zero attached hydrogens (tertiary/aromatic N) is 3. The summed E-state index contributed by atoms with van der Waals surface area (Å²) in [6.45, 7) is 7.11. The van der Waals surface area contributed by atoms with Crippen molar-refractivity contribution in [1.82, 2.24) is 20.0 Å². The van der Waals surface area contributed by atoms with E-state index in [1.54, 1.807) is 0 Å². The highest BCUT2D eigenvalue weighted by atomic mass is 35.5. The molecule has 0 spiro atoms. The molecule has 0 saturated carbocycles. The van der Waals surface area contributed by atoms with Crippen molar-refractivity contribution in [2.24, 2.45) is 11.8 Å². The van der Waals surface area contributed by atoms with Crippen LogP contribution in [0.5, 0.6) is 0 Å². The number of rotatable bonds is 6. The predicted molar refractivity (Wildman–Crippen MR) is 119 cm³/mol. The predicted octanol–water partition coefficient (Wildman–Crippen LogP) is 2.37. The van der Waals surface area contributed by atoms with Crippen LogP contribution in [0.25, 0.3) is 0 Å². The maximum atomic E-state index is 12.8. The van der Waals surface area contributed by atoms with Crippen molar-refractivity contribution in [1.29, 1.82) is 0 Å². The lowest BCUT2D eigenvalue weighted by Crippen LogP contribution is -2.48. The number of carbonyl (C=O) groups excluding carboxylic acids is 2. The molecule has 168 valence electrons. The first-order valence-corrected chi connectivity index (χ1v) is 11.6. The van der Waals surface area contributed by atoms with Crippen LogP contribution in [-0.4, -0.2) is 85.9 Å². The van der Waals surface area contributed by atoms with Gasteiger partial charge in [0.05, 0.1) is 6.54 Å². The van der Waals surface area contributed by atoms with Gasteiger partial charge in [-0.25, -0.2) is 0 Å². The van der Waals surface area contributed by atoms with Gasteiger partial charge in [-0.1, -0.05) is 12.8 Å². The van der Waals surface area contributed by atoms with Gasteiger partial charge in [0.25, 0.3) is 0 Å². The van der Waals surface area contributed by atoms with Crippen molar-refractivity contribution in [3.05, 3.63) is 0 Å². The van der Waals surface area contributed by atoms with E-state index in [9.17, 15) is 9.59 Å². The maximum Gasteiger partial charge on any atom is 0.236 e. The third-order valence-corrected chi connectivity index (χ3v) is 6.98. The SMILES string of the molecule is CNCCC1CCN(CC(=O)N2CCC(C(=O)N3CCCCCC3)CC2)CC1.Cl. The Kier molecular flexibility index (Phi) is 10.7. The van der Waals surface area contributed by atoms with Crippen LogP contribution in [0.1, 0.15) is 57.8 Å². The molecule has 3 saturated heterocycles. The number of nitrogens with one attached hydrogen (secondary N) is 1. The lowest BCUT2D eigenvalue weighted by Gasteiger charge is -2.36. The monoisotopic (exact) mass is 428 g/mol. The minimum atomic E-state index is 0. The zero-order valence-corrected chi connectivity index (χ0v) is 19.1. The van der Waals surface area contributed by atoms with Crippen LogP contribution in [-0.2, 0) is 9.59 Å². The summed E-state index contributed by atoms with van der Waals surface area (Å²) in [7, 11) is 2.01. The van der Waals surface area contributed by atoms with Gasteiger partial charge in [0, 0.05) is 32.1 Å². The minimum Gasteiger partial charge on any atom is -0.342 e. The molecule has 3 fully saturated rings. The van der Waals surface area contributed by atoms with Crippen LogP contribution >= 0.6 is 12.4 Å². The van der Waals surface area contributed by atoms with Gasteiger partial charge in [-0.3, -0.25) is 14.5 Å². The first-order chi connectivity index (χ1) is 13.7. The van der Waals surface area contributed by atoms with E-state index in [0.717, 1.165) is 77.4 Å². The molecule has 0 unspecified atom stereocenters. The van der Waals surface area contributed by atoms with Gasteiger partial charge < -0.3 is 15.1 Å². The summed E-state index contributed by atoms with van der Waals surface area (Å²) >= 11 is 0. The fourth-order valence-electron chi connectivity index (χ4n) is 5.00. The first-order valence-electron chi connectivity index (χ1n) is 11.6. The Morgan fingerprint density at radius 2 is 1.45 bits per heavy atom. The molecule has 2 amide bonds. The number of carbonyl (C=O) groups is 2. The van der Waals surface area contributed by atoms with Crippen LogP contribution < -0.4 is 5.32 Å². The van der Waals surface area contributed by atoms with Gasteiger partial charge in [0.15, 0.2) is 0 Å². The molecule has 29 heavy (non-hydrogen) atoms. The van der Waals surface area contributed by atoms with Crippen molar-refractivity contribution >= 4 is 24.2 Å². The van der Waals surface area contributed by atoms with Crippen LogP contribution in [0.4, 0.5) is 0 Å². The highest BCUT2D eigenvalue weighted by molar-refractivity contribution is 5.85. The third kappa shape index (κ3) is 7.41. The molecule has 3 aliphatic heterocycles. The Hall–Kier alpha value is -0.850. The number of halogens is 1. The number of hydrogen-bond donors (Lipinski definition) is 1. The summed E-state index contributed by atoms with van der Waals surface area (Å²) in [6, 6.07) is 0. The molecule has 3 rings (SSSR count). The molecule has 0 aromatic heterocycles. The highest BCUT2D eigenvalue weighted by Gasteiger charge is 2.31. The zero-order valence-electron chi connectivity index (χ0n) is 18.2. The normalized spacial score (nSPS) is 22.8. The summed E-state index contributed by atoms with van der Waals surface area (Å²) in [5, 5.41) is 3.24. The van der Waals surface area contributed by atoms with E-state index in [-0.39, 0.29) is 24.2 Å². The van der Waals surface area contributed by atoms with Crippen LogP contribution in [0, 0.1) is 11.8 Å². The Bertz CT molecular complexity index is 495. The molecule has 3 heterocycles. The summed E-state index contributed by atoms with van der Waals surface area (Å²) in [5.41, 5.74) is 0. The average molecular weight is 429 g/mol. The maximum absolute atomic E-state index is 12.8. The lowest BCUT2D eigenvalue weighted by atomic mass is 9.93. The van der Waals surface area contributed by atoms with Crippen molar-refractivity contribution < 1.29 is 9.59 Å². The Balaban J connectivity index is 0.00000300. The first kappa shape index (κ1) is 24.4. The Morgan fingerprint density at radius 3 is 2.03 bits per heavy atom. The second-order valence-corrected chi connectivity index (χ2v) is 9.01. The van der Waals surface area contributed by atoms with Gasteiger partial charge in [-0.15, -0.1) is 12.4 Å². The number of amides is 2. The molecular weight excluding hydrogens is 388 g/mol. The molecule has 0 aromatic carbocycles. The van der Waals surface area contributed by atoms with Crippen LogP contribution in [0.15, 0.2) is 0 Å². The number of hydrogen-bond acceptors (Lipinski definition) is 4. The number of piperidine rings is 2. The summed E-state index contributed by atoms with van der Waals surface area (Å²) < 4.78 is 0. The van der Waals surface area contributed by atoms with Crippen molar-refractivity contribution in [2.75, 3.05) is 59.4 Å². The summed E-state index contributed by atoms with van der Waals surface area (Å²) in [5.74, 6) is 1.54. The van der Waals surface area contributed by atoms with E-state index in [0.29, 0.717) is 12.5 Å². The lowest BCUT2D eigenvalue weighted by molar-refractivity contribution is -0.141. The Labute approximate surface area is 183 Å². The highest BCUT2D eigenvalue weighted by Crippen LogP contribution is 2.23. The van der Waals surface area contributed by atoms with E-state index < -0.39 is 0 Å².